The molecule has 0 N–H and O–H groups in total. The minimum absolute atomic E-state index is 0.0861. The summed E-state index contributed by atoms with van der Waals surface area (Å²) >= 11 is 1.36. The van der Waals surface area contributed by atoms with Crippen molar-refractivity contribution in [2.24, 2.45) is 7.05 Å². The van der Waals surface area contributed by atoms with Crippen molar-refractivity contribution < 1.29 is 4.79 Å². The third-order valence-corrected chi connectivity index (χ3v) is 3.69. The first-order valence-corrected chi connectivity index (χ1v) is 6.46. The van der Waals surface area contributed by atoms with Crippen molar-refractivity contribution in [3.63, 3.8) is 0 Å². The molecule has 5 nitrogen and oxygen atoms in total. The number of nitrogens with zero attached hydrogens (tertiary/aromatic N) is 4. The highest BCUT2D eigenvalue weighted by atomic mass is 32.2. The second-order valence-electron chi connectivity index (χ2n) is 4.08. The summed E-state index contributed by atoms with van der Waals surface area (Å²) in [7, 11) is 1.76. The van der Waals surface area contributed by atoms with E-state index in [1.807, 2.05) is 38.1 Å². The van der Waals surface area contributed by atoms with Gasteiger partial charge in [-0.05, 0) is 24.3 Å². The molecule has 2 aromatic rings. The molecule has 0 aliphatic rings. The summed E-state index contributed by atoms with van der Waals surface area (Å²) in [5.74, 6) is 0.0861. The van der Waals surface area contributed by atoms with E-state index in [9.17, 15) is 4.79 Å². The topological polar surface area (TPSA) is 60.7 Å². The van der Waals surface area contributed by atoms with Gasteiger partial charge in [-0.3, -0.25) is 4.79 Å². The summed E-state index contributed by atoms with van der Waals surface area (Å²) in [6.45, 7) is 3.86. The van der Waals surface area contributed by atoms with E-state index in [4.69, 9.17) is 0 Å². The zero-order valence-electron chi connectivity index (χ0n) is 10.5. The molecule has 0 saturated heterocycles. The summed E-state index contributed by atoms with van der Waals surface area (Å²) in [6.07, 6.45) is 0. The molecular formula is C12H14N4OS. The van der Waals surface area contributed by atoms with Crippen LogP contribution in [-0.4, -0.2) is 31.2 Å². The molecule has 6 heteroatoms. The van der Waals surface area contributed by atoms with E-state index in [1.165, 1.54) is 11.8 Å². The Hall–Kier alpha value is -1.69. The van der Waals surface area contributed by atoms with Crippen LogP contribution in [0.3, 0.4) is 0 Å². The van der Waals surface area contributed by atoms with Crippen LogP contribution in [0, 0.1) is 6.92 Å². The fourth-order valence-electron chi connectivity index (χ4n) is 1.49. The molecule has 0 radical (unpaired) electrons. The molecule has 0 spiro atoms. The number of aromatic nitrogens is 4. The molecular weight excluding hydrogens is 248 g/mol. The van der Waals surface area contributed by atoms with E-state index in [-0.39, 0.29) is 11.0 Å². The van der Waals surface area contributed by atoms with Crippen LogP contribution in [0.1, 0.15) is 22.8 Å². The molecule has 0 bridgehead atoms. The molecule has 94 valence electrons. The van der Waals surface area contributed by atoms with Gasteiger partial charge >= 0.3 is 0 Å². The maximum atomic E-state index is 12.2. The zero-order chi connectivity index (χ0) is 13.1. The maximum Gasteiger partial charge on any atom is 0.209 e. The predicted molar refractivity (Wildman–Crippen MR) is 69.6 cm³/mol. The Labute approximate surface area is 110 Å². The molecule has 18 heavy (non-hydrogen) atoms. The van der Waals surface area contributed by atoms with Crippen molar-refractivity contribution in [3.8, 4) is 0 Å². The number of carbonyl (C=O) groups is 1. The van der Waals surface area contributed by atoms with Gasteiger partial charge in [0, 0.05) is 12.6 Å². The van der Waals surface area contributed by atoms with Crippen LogP contribution >= 0.6 is 11.8 Å². The highest BCUT2D eigenvalue weighted by molar-refractivity contribution is 8.00. The molecule has 2 rings (SSSR count). The Kier molecular flexibility index (Phi) is 3.76. The number of tetrazole rings is 1. The lowest BCUT2D eigenvalue weighted by molar-refractivity contribution is 0.0994. The SMILES string of the molecule is Cc1ccc(C(=O)C(C)Sc2nnnn2C)cc1. The fourth-order valence-corrected chi connectivity index (χ4v) is 2.32. The quantitative estimate of drug-likeness (QED) is 0.622. The number of rotatable bonds is 4. The minimum Gasteiger partial charge on any atom is -0.293 e. The summed E-state index contributed by atoms with van der Waals surface area (Å²) in [5.41, 5.74) is 1.86. The first-order valence-electron chi connectivity index (χ1n) is 5.58. The van der Waals surface area contributed by atoms with Crippen molar-refractivity contribution in [2.45, 2.75) is 24.3 Å². The van der Waals surface area contributed by atoms with E-state index >= 15 is 0 Å². The number of hydrogen-bond donors (Lipinski definition) is 0. The molecule has 0 aliphatic heterocycles. The van der Waals surface area contributed by atoms with E-state index in [1.54, 1.807) is 11.7 Å². The van der Waals surface area contributed by atoms with Crippen LogP contribution < -0.4 is 0 Å². The average Bonchev–Trinajstić information content (AvgIpc) is 2.75. The van der Waals surface area contributed by atoms with E-state index < -0.39 is 0 Å². The monoisotopic (exact) mass is 262 g/mol. The van der Waals surface area contributed by atoms with Gasteiger partial charge in [-0.15, -0.1) is 5.10 Å². The molecule has 0 saturated carbocycles. The fraction of sp³-hybridized carbons (Fsp3) is 0.333. The van der Waals surface area contributed by atoms with Gasteiger partial charge in [-0.1, -0.05) is 41.6 Å². The standard InChI is InChI=1S/C12H14N4OS/c1-8-4-6-10(7-5-8)11(17)9(2)18-12-13-14-15-16(12)3/h4-7,9H,1-3H3. The van der Waals surface area contributed by atoms with Crippen LogP contribution in [0.25, 0.3) is 0 Å². The van der Waals surface area contributed by atoms with Gasteiger partial charge in [-0.25, -0.2) is 4.68 Å². The number of carbonyl (C=O) groups excluding carboxylic acids is 1. The first kappa shape index (κ1) is 12.8. The summed E-state index contributed by atoms with van der Waals surface area (Å²) < 4.78 is 1.56. The van der Waals surface area contributed by atoms with E-state index in [0.717, 1.165) is 11.1 Å². The second-order valence-corrected chi connectivity index (χ2v) is 5.38. The number of aryl methyl sites for hydroxylation is 2. The van der Waals surface area contributed by atoms with Crippen molar-refractivity contribution in [3.05, 3.63) is 35.4 Å². The van der Waals surface area contributed by atoms with Crippen LogP contribution in [0.4, 0.5) is 0 Å². The Morgan fingerprint density at radius 3 is 2.56 bits per heavy atom. The van der Waals surface area contributed by atoms with Gasteiger partial charge < -0.3 is 0 Å². The predicted octanol–water partition coefficient (Wildman–Crippen LogP) is 1.88. The summed E-state index contributed by atoms with van der Waals surface area (Å²) in [5, 5.41) is 11.6. The van der Waals surface area contributed by atoms with E-state index in [2.05, 4.69) is 15.5 Å². The molecule has 1 aromatic carbocycles. The van der Waals surface area contributed by atoms with Crippen molar-refractivity contribution >= 4 is 17.5 Å². The normalized spacial score (nSPS) is 12.4. The highest BCUT2D eigenvalue weighted by Crippen LogP contribution is 2.22. The van der Waals surface area contributed by atoms with Crippen LogP contribution in [0.15, 0.2) is 29.4 Å². The van der Waals surface area contributed by atoms with Crippen LogP contribution in [0.5, 0.6) is 0 Å². The van der Waals surface area contributed by atoms with Gasteiger partial charge in [0.1, 0.15) is 0 Å². The summed E-state index contributed by atoms with van der Waals surface area (Å²) in [4.78, 5) is 12.2. The number of benzene rings is 1. The van der Waals surface area contributed by atoms with Gasteiger partial charge in [0.05, 0.1) is 5.25 Å². The average molecular weight is 262 g/mol. The molecule has 1 heterocycles. The second kappa shape index (κ2) is 5.30. The Morgan fingerprint density at radius 2 is 2.00 bits per heavy atom. The number of thioether (sulfide) groups is 1. The molecule has 0 amide bonds. The number of hydrogen-bond acceptors (Lipinski definition) is 5. The molecule has 0 fully saturated rings. The third kappa shape index (κ3) is 2.76. The lowest BCUT2D eigenvalue weighted by Crippen LogP contribution is -2.14. The molecule has 1 unspecified atom stereocenters. The Balaban J connectivity index is 2.09. The van der Waals surface area contributed by atoms with Gasteiger partial charge in [0.2, 0.25) is 5.16 Å². The maximum absolute atomic E-state index is 12.2. The molecule has 1 atom stereocenters. The third-order valence-electron chi connectivity index (χ3n) is 2.57. The van der Waals surface area contributed by atoms with Crippen LogP contribution in [-0.2, 0) is 7.05 Å². The smallest absolute Gasteiger partial charge is 0.209 e. The Bertz CT molecular complexity index is 549. The highest BCUT2D eigenvalue weighted by Gasteiger charge is 2.18. The lowest BCUT2D eigenvalue weighted by Gasteiger charge is -2.08. The Morgan fingerprint density at radius 1 is 1.33 bits per heavy atom. The molecule has 1 aromatic heterocycles. The first-order chi connectivity index (χ1) is 8.58. The largest absolute Gasteiger partial charge is 0.293 e. The molecule has 0 aliphatic carbocycles. The van der Waals surface area contributed by atoms with Crippen molar-refractivity contribution in [2.75, 3.05) is 0 Å². The van der Waals surface area contributed by atoms with Gasteiger partial charge in [0.25, 0.3) is 0 Å². The number of Topliss-reactive ketones (excluding diaryl/α,β-unsaturated/α-hetero) is 1. The minimum atomic E-state index is -0.211. The van der Waals surface area contributed by atoms with Crippen LogP contribution in [0.2, 0.25) is 0 Å². The summed E-state index contributed by atoms with van der Waals surface area (Å²) in [6, 6.07) is 7.58. The zero-order valence-corrected chi connectivity index (χ0v) is 11.3. The van der Waals surface area contributed by atoms with E-state index in [0.29, 0.717) is 5.16 Å². The van der Waals surface area contributed by atoms with Crippen molar-refractivity contribution in [1.82, 2.24) is 20.2 Å². The van der Waals surface area contributed by atoms with Gasteiger partial charge in [-0.2, -0.15) is 0 Å². The van der Waals surface area contributed by atoms with Gasteiger partial charge in [0.15, 0.2) is 5.78 Å². The lowest BCUT2D eigenvalue weighted by atomic mass is 10.1. The van der Waals surface area contributed by atoms with Crippen molar-refractivity contribution in [1.29, 1.82) is 0 Å². The number of ketones is 1.